The lowest BCUT2D eigenvalue weighted by Gasteiger charge is -2.29. The van der Waals surface area contributed by atoms with Crippen LogP contribution in [0.15, 0.2) is 12.3 Å². The van der Waals surface area contributed by atoms with E-state index in [1.165, 1.54) is 25.7 Å². The largest absolute Gasteiger partial charge is 0.395 e. The molecular formula is C13H22N4O. The van der Waals surface area contributed by atoms with Gasteiger partial charge in [0, 0.05) is 32.9 Å². The van der Waals surface area contributed by atoms with E-state index in [-0.39, 0.29) is 6.61 Å². The number of aromatic nitrogens is 2. The lowest BCUT2D eigenvalue weighted by molar-refractivity contribution is 0.297. The van der Waals surface area contributed by atoms with Gasteiger partial charge in [-0.3, -0.25) is 0 Å². The fourth-order valence-electron chi connectivity index (χ4n) is 2.52. The summed E-state index contributed by atoms with van der Waals surface area (Å²) in [7, 11) is 3.87. The number of aliphatic hydroxyl groups is 1. The standard InChI is InChI=1S/C13H22N4O/c1-16(2)13-14-8-7-12(15-13)17(9-10-18)11-5-3-4-6-11/h7-8,11,18H,3-6,9-10H2,1-2H3. The van der Waals surface area contributed by atoms with Crippen molar-refractivity contribution in [3.63, 3.8) is 0 Å². The fraction of sp³-hybridized carbons (Fsp3) is 0.692. The zero-order chi connectivity index (χ0) is 13.0. The second-order valence-electron chi connectivity index (χ2n) is 4.96. The van der Waals surface area contributed by atoms with Crippen molar-refractivity contribution in [1.82, 2.24) is 9.97 Å². The van der Waals surface area contributed by atoms with Gasteiger partial charge in [0.25, 0.3) is 0 Å². The maximum absolute atomic E-state index is 9.24. The molecule has 0 unspecified atom stereocenters. The minimum atomic E-state index is 0.164. The quantitative estimate of drug-likeness (QED) is 0.853. The topological polar surface area (TPSA) is 52.5 Å². The normalized spacial score (nSPS) is 15.9. The molecule has 1 aliphatic rings. The number of aliphatic hydroxyl groups excluding tert-OH is 1. The number of anilines is 2. The monoisotopic (exact) mass is 250 g/mol. The molecule has 2 rings (SSSR count). The Hall–Kier alpha value is -1.36. The van der Waals surface area contributed by atoms with E-state index in [0.717, 1.165) is 5.82 Å². The van der Waals surface area contributed by atoms with Gasteiger partial charge in [0.2, 0.25) is 5.95 Å². The first-order valence-corrected chi connectivity index (χ1v) is 6.60. The molecule has 0 atom stereocenters. The molecule has 1 aromatic heterocycles. The van der Waals surface area contributed by atoms with Gasteiger partial charge < -0.3 is 14.9 Å². The van der Waals surface area contributed by atoms with Crippen molar-refractivity contribution in [2.24, 2.45) is 0 Å². The fourth-order valence-corrected chi connectivity index (χ4v) is 2.52. The van der Waals surface area contributed by atoms with E-state index in [9.17, 15) is 5.11 Å². The first-order chi connectivity index (χ1) is 8.72. The van der Waals surface area contributed by atoms with Crippen LogP contribution in [0.4, 0.5) is 11.8 Å². The van der Waals surface area contributed by atoms with Gasteiger partial charge in [-0.15, -0.1) is 0 Å². The molecule has 1 N–H and O–H groups in total. The molecule has 100 valence electrons. The van der Waals surface area contributed by atoms with Gasteiger partial charge in [-0.1, -0.05) is 12.8 Å². The number of nitrogens with zero attached hydrogens (tertiary/aromatic N) is 4. The minimum Gasteiger partial charge on any atom is -0.395 e. The minimum absolute atomic E-state index is 0.164. The van der Waals surface area contributed by atoms with Crippen LogP contribution < -0.4 is 9.80 Å². The molecule has 1 fully saturated rings. The van der Waals surface area contributed by atoms with Crippen molar-refractivity contribution in [2.75, 3.05) is 37.0 Å². The Bertz CT molecular complexity index is 377. The molecule has 1 aromatic rings. The molecule has 18 heavy (non-hydrogen) atoms. The Morgan fingerprint density at radius 2 is 2.06 bits per heavy atom. The summed E-state index contributed by atoms with van der Waals surface area (Å²) in [4.78, 5) is 12.9. The number of rotatable bonds is 5. The molecule has 1 heterocycles. The van der Waals surface area contributed by atoms with E-state index in [0.29, 0.717) is 18.5 Å². The van der Waals surface area contributed by atoms with E-state index in [2.05, 4.69) is 14.9 Å². The third kappa shape index (κ3) is 2.90. The summed E-state index contributed by atoms with van der Waals surface area (Å²) >= 11 is 0. The molecule has 0 amide bonds. The van der Waals surface area contributed by atoms with Crippen molar-refractivity contribution in [3.05, 3.63) is 12.3 Å². The highest BCUT2D eigenvalue weighted by Gasteiger charge is 2.23. The molecule has 0 bridgehead atoms. The summed E-state index contributed by atoms with van der Waals surface area (Å²) in [6.07, 6.45) is 6.73. The van der Waals surface area contributed by atoms with Crippen LogP contribution in [-0.2, 0) is 0 Å². The average molecular weight is 250 g/mol. The Kier molecular flexibility index (Phi) is 4.36. The van der Waals surface area contributed by atoms with Crippen molar-refractivity contribution in [1.29, 1.82) is 0 Å². The first kappa shape index (κ1) is 13.1. The summed E-state index contributed by atoms with van der Waals surface area (Å²) in [6, 6.07) is 2.45. The Balaban J connectivity index is 2.21. The molecule has 0 saturated heterocycles. The van der Waals surface area contributed by atoms with Crippen LogP contribution in [0.1, 0.15) is 25.7 Å². The zero-order valence-corrected chi connectivity index (χ0v) is 11.2. The molecule has 0 aromatic carbocycles. The predicted molar refractivity (Wildman–Crippen MR) is 73.0 cm³/mol. The molecule has 5 heteroatoms. The number of hydrogen-bond donors (Lipinski definition) is 1. The third-order valence-corrected chi connectivity index (χ3v) is 3.43. The van der Waals surface area contributed by atoms with Gasteiger partial charge in [0.15, 0.2) is 0 Å². The molecule has 5 nitrogen and oxygen atoms in total. The van der Waals surface area contributed by atoms with Gasteiger partial charge in [-0.25, -0.2) is 4.98 Å². The molecular weight excluding hydrogens is 228 g/mol. The van der Waals surface area contributed by atoms with Crippen LogP contribution in [-0.4, -0.2) is 48.4 Å². The smallest absolute Gasteiger partial charge is 0.226 e. The van der Waals surface area contributed by atoms with Gasteiger partial charge in [0.1, 0.15) is 5.82 Å². The second-order valence-corrected chi connectivity index (χ2v) is 4.96. The van der Waals surface area contributed by atoms with Crippen LogP contribution in [0.2, 0.25) is 0 Å². The highest BCUT2D eigenvalue weighted by Crippen LogP contribution is 2.27. The van der Waals surface area contributed by atoms with Crippen LogP contribution in [0, 0.1) is 0 Å². The van der Waals surface area contributed by atoms with Crippen molar-refractivity contribution < 1.29 is 5.11 Å². The van der Waals surface area contributed by atoms with Gasteiger partial charge in [0.05, 0.1) is 6.61 Å². The summed E-state index contributed by atoms with van der Waals surface area (Å²) < 4.78 is 0. The van der Waals surface area contributed by atoms with Gasteiger partial charge in [-0.2, -0.15) is 4.98 Å². The van der Waals surface area contributed by atoms with E-state index in [1.807, 2.05) is 25.1 Å². The molecule has 1 saturated carbocycles. The Morgan fingerprint density at radius 1 is 1.33 bits per heavy atom. The van der Waals surface area contributed by atoms with E-state index in [4.69, 9.17) is 0 Å². The lowest BCUT2D eigenvalue weighted by atomic mass is 10.2. The van der Waals surface area contributed by atoms with Crippen LogP contribution in [0.25, 0.3) is 0 Å². The summed E-state index contributed by atoms with van der Waals surface area (Å²) in [5.41, 5.74) is 0. The van der Waals surface area contributed by atoms with Crippen LogP contribution >= 0.6 is 0 Å². The van der Waals surface area contributed by atoms with Gasteiger partial charge >= 0.3 is 0 Å². The average Bonchev–Trinajstić information content (AvgIpc) is 2.89. The molecule has 1 aliphatic carbocycles. The maximum atomic E-state index is 9.24. The van der Waals surface area contributed by atoms with E-state index < -0.39 is 0 Å². The second kappa shape index (κ2) is 6.00. The van der Waals surface area contributed by atoms with E-state index >= 15 is 0 Å². The van der Waals surface area contributed by atoms with Crippen molar-refractivity contribution in [2.45, 2.75) is 31.7 Å². The number of hydrogen-bond acceptors (Lipinski definition) is 5. The summed E-state index contributed by atoms with van der Waals surface area (Å²) in [6.45, 7) is 0.812. The maximum Gasteiger partial charge on any atom is 0.226 e. The SMILES string of the molecule is CN(C)c1nccc(N(CCO)C2CCCC2)n1. The molecule has 0 aliphatic heterocycles. The summed E-state index contributed by atoms with van der Waals surface area (Å²) in [5.74, 6) is 1.64. The lowest BCUT2D eigenvalue weighted by Crippen LogP contribution is -2.36. The Morgan fingerprint density at radius 3 is 2.67 bits per heavy atom. The first-order valence-electron chi connectivity index (χ1n) is 6.60. The van der Waals surface area contributed by atoms with Crippen LogP contribution in [0.5, 0.6) is 0 Å². The highest BCUT2D eigenvalue weighted by atomic mass is 16.3. The predicted octanol–water partition coefficient (Wildman–Crippen LogP) is 1.28. The highest BCUT2D eigenvalue weighted by molar-refractivity contribution is 5.44. The summed E-state index contributed by atoms with van der Waals surface area (Å²) in [5, 5.41) is 9.24. The van der Waals surface area contributed by atoms with Crippen LogP contribution in [0.3, 0.4) is 0 Å². The molecule has 0 radical (unpaired) electrons. The van der Waals surface area contributed by atoms with Crippen molar-refractivity contribution in [3.8, 4) is 0 Å². The van der Waals surface area contributed by atoms with E-state index in [1.54, 1.807) is 6.20 Å². The van der Waals surface area contributed by atoms with Crippen molar-refractivity contribution >= 4 is 11.8 Å². The molecule has 0 spiro atoms. The van der Waals surface area contributed by atoms with Gasteiger partial charge in [-0.05, 0) is 18.9 Å². The zero-order valence-electron chi connectivity index (χ0n) is 11.2. The Labute approximate surface area is 108 Å². The third-order valence-electron chi connectivity index (χ3n) is 3.43.